The molecule has 0 fully saturated rings. The van der Waals surface area contributed by atoms with Gasteiger partial charge in [-0.2, -0.15) is 5.10 Å². The molecule has 1 heterocycles. The van der Waals surface area contributed by atoms with Crippen LogP contribution in [0.15, 0.2) is 29.5 Å². The molecule has 0 aliphatic carbocycles. The van der Waals surface area contributed by atoms with E-state index in [9.17, 15) is 4.79 Å². The molecule has 0 atom stereocenters. The molecule has 0 amide bonds. The quantitative estimate of drug-likeness (QED) is 0.470. The molecule has 0 aliphatic rings. The van der Waals surface area contributed by atoms with E-state index in [1.54, 1.807) is 31.6 Å². The molecule has 16 heavy (non-hydrogen) atoms. The van der Waals surface area contributed by atoms with Gasteiger partial charge in [0.25, 0.3) is 0 Å². The molecule has 80 valence electrons. The number of hydrogen-bond acceptors (Lipinski definition) is 5. The van der Waals surface area contributed by atoms with E-state index in [0.29, 0.717) is 22.3 Å². The third-order valence-corrected chi connectivity index (χ3v) is 2.08. The SMILES string of the molecule is CN/N=C/c1cnc2cccc(C=O)c2n1. The van der Waals surface area contributed by atoms with E-state index >= 15 is 0 Å². The highest BCUT2D eigenvalue weighted by atomic mass is 16.1. The highest BCUT2D eigenvalue weighted by molar-refractivity contribution is 5.94. The minimum Gasteiger partial charge on any atom is -0.313 e. The Bertz CT molecular complexity index is 551. The topological polar surface area (TPSA) is 67.2 Å². The van der Waals surface area contributed by atoms with Gasteiger partial charge in [-0.1, -0.05) is 6.07 Å². The van der Waals surface area contributed by atoms with Crippen LogP contribution in [0.2, 0.25) is 0 Å². The largest absolute Gasteiger partial charge is 0.313 e. The van der Waals surface area contributed by atoms with Gasteiger partial charge in [0.15, 0.2) is 6.29 Å². The Morgan fingerprint density at radius 1 is 1.44 bits per heavy atom. The predicted octanol–water partition coefficient (Wildman–Crippen LogP) is 0.996. The maximum atomic E-state index is 10.8. The van der Waals surface area contributed by atoms with Crippen LogP contribution in [0, 0.1) is 0 Å². The van der Waals surface area contributed by atoms with E-state index in [4.69, 9.17) is 0 Å². The molecule has 0 aliphatic heterocycles. The van der Waals surface area contributed by atoms with Crippen molar-refractivity contribution < 1.29 is 4.79 Å². The summed E-state index contributed by atoms with van der Waals surface area (Å²) < 4.78 is 0. The number of aromatic nitrogens is 2. The normalized spacial score (nSPS) is 10.8. The van der Waals surface area contributed by atoms with Gasteiger partial charge in [0, 0.05) is 12.6 Å². The molecule has 0 saturated carbocycles. The van der Waals surface area contributed by atoms with Crippen LogP contribution in [-0.2, 0) is 0 Å². The van der Waals surface area contributed by atoms with Gasteiger partial charge < -0.3 is 5.43 Å². The fourth-order valence-corrected chi connectivity index (χ4v) is 1.36. The van der Waals surface area contributed by atoms with Crippen molar-refractivity contribution in [2.45, 2.75) is 0 Å². The van der Waals surface area contributed by atoms with E-state index < -0.39 is 0 Å². The molecule has 2 aromatic rings. The summed E-state index contributed by atoms with van der Waals surface area (Å²) >= 11 is 0. The van der Waals surface area contributed by atoms with Crippen molar-refractivity contribution in [2.75, 3.05) is 7.05 Å². The first-order chi connectivity index (χ1) is 7.85. The van der Waals surface area contributed by atoms with Crippen LogP contribution in [0.5, 0.6) is 0 Å². The highest BCUT2D eigenvalue weighted by Gasteiger charge is 2.02. The molecular formula is C11H10N4O. The van der Waals surface area contributed by atoms with E-state index in [2.05, 4.69) is 20.5 Å². The highest BCUT2D eigenvalue weighted by Crippen LogP contribution is 2.12. The van der Waals surface area contributed by atoms with E-state index in [1.165, 1.54) is 0 Å². The zero-order valence-electron chi connectivity index (χ0n) is 8.71. The number of nitrogens with zero attached hydrogens (tertiary/aromatic N) is 3. The second-order valence-electron chi connectivity index (χ2n) is 3.11. The minimum atomic E-state index is 0.532. The summed E-state index contributed by atoms with van der Waals surface area (Å²) in [7, 11) is 1.70. The lowest BCUT2D eigenvalue weighted by atomic mass is 10.2. The van der Waals surface area contributed by atoms with Crippen LogP contribution in [-0.4, -0.2) is 29.5 Å². The molecule has 0 unspecified atom stereocenters. The maximum absolute atomic E-state index is 10.8. The lowest BCUT2D eigenvalue weighted by molar-refractivity contribution is 0.112. The predicted molar refractivity (Wildman–Crippen MR) is 61.6 cm³/mol. The molecule has 5 nitrogen and oxygen atoms in total. The van der Waals surface area contributed by atoms with Crippen molar-refractivity contribution in [3.05, 3.63) is 35.7 Å². The number of rotatable bonds is 3. The lowest BCUT2D eigenvalue weighted by Crippen LogP contribution is -1.98. The average Bonchev–Trinajstić information content (AvgIpc) is 2.35. The maximum Gasteiger partial charge on any atom is 0.152 e. The van der Waals surface area contributed by atoms with Gasteiger partial charge in [0.1, 0.15) is 5.69 Å². The van der Waals surface area contributed by atoms with E-state index in [1.807, 2.05) is 6.07 Å². The molecule has 1 N–H and O–H groups in total. The molecule has 2 rings (SSSR count). The van der Waals surface area contributed by atoms with Crippen molar-refractivity contribution in [3.63, 3.8) is 0 Å². The first-order valence-electron chi connectivity index (χ1n) is 4.76. The number of fused-ring (bicyclic) bond motifs is 1. The molecule has 0 radical (unpaired) electrons. The number of benzene rings is 1. The number of aldehydes is 1. The van der Waals surface area contributed by atoms with Crippen LogP contribution >= 0.6 is 0 Å². The van der Waals surface area contributed by atoms with Gasteiger partial charge in [0.05, 0.1) is 23.4 Å². The number of hydrogen-bond donors (Lipinski definition) is 1. The number of carbonyl (C=O) groups excluding carboxylic acids is 1. The van der Waals surface area contributed by atoms with Gasteiger partial charge in [-0.05, 0) is 12.1 Å². The van der Waals surface area contributed by atoms with Crippen LogP contribution in [0.1, 0.15) is 16.1 Å². The average molecular weight is 214 g/mol. The first-order valence-corrected chi connectivity index (χ1v) is 4.76. The number of hydrazone groups is 1. The Kier molecular flexibility index (Phi) is 2.86. The van der Waals surface area contributed by atoms with E-state index in [0.717, 1.165) is 6.29 Å². The van der Waals surface area contributed by atoms with Crippen LogP contribution in [0.25, 0.3) is 11.0 Å². The summed E-state index contributed by atoms with van der Waals surface area (Å²) in [5.74, 6) is 0. The third kappa shape index (κ3) is 1.88. The van der Waals surface area contributed by atoms with Crippen LogP contribution < -0.4 is 5.43 Å². The monoisotopic (exact) mass is 214 g/mol. The second-order valence-corrected chi connectivity index (χ2v) is 3.11. The molecule has 5 heteroatoms. The molecule has 0 spiro atoms. The number of para-hydroxylation sites is 1. The molecule has 0 bridgehead atoms. The number of nitrogens with one attached hydrogen (secondary N) is 1. The Hall–Kier alpha value is -2.30. The van der Waals surface area contributed by atoms with Gasteiger partial charge in [-0.25, -0.2) is 4.98 Å². The standard InChI is InChI=1S/C11H10N4O/c1-12-14-6-9-5-13-10-4-2-3-8(7-16)11(10)15-9/h2-7,12H,1H3/b14-6+. The molecule has 1 aromatic carbocycles. The van der Waals surface area contributed by atoms with Crippen molar-refractivity contribution in [1.29, 1.82) is 0 Å². The Morgan fingerprint density at radius 3 is 3.06 bits per heavy atom. The van der Waals surface area contributed by atoms with Crippen LogP contribution in [0.3, 0.4) is 0 Å². The van der Waals surface area contributed by atoms with Crippen molar-refractivity contribution >= 4 is 23.5 Å². The first kappa shape index (κ1) is 10.2. The van der Waals surface area contributed by atoms with Crippen molar-refractivity contribution in [3.8, 4) is 0 Å². The van der Waals surface area contributed by atoms with Gasteiger partial charge in [-0.3, -0.25) is 9.78 Å². The number of carbonyl (C=O) groups is 1. The Labute approximate surface area is 92.2 Å². The molecular weight excluding hydrogens is 204 g/mol. The lowest BCUT2D eigenvalue weighted by Gasteiger charge is -2.00. The summed E-state index contributed by atoms with van der Waals surface area (Å²) in [6, 6.07) is 5.31. The Morgan fingerprint density at radius 2 is 2.31 bits per heavy atom. The zero-order chi connectivity index (χ0) is 11.4. The summed E-state index contributed by atoms with van der Waals surface area (Å²) in [5, 5.41) is 3.84. The fourth-order valence-electron chi connectivity index (χ4n) is 1.36. The van der Waals surface area contributed by atoms with Gasteiger partial charge in [-0.15, -0.1) is 0 Å². The zero-order valence-corrected chi connectivity index (χ0v) is 8.71. The third-order valence-electron chi connectivity index (χ3n) is 2.08. The summed E-state index contributed by atoms with van der Waals surface area (Å²) in [6.07, 6.45) is 3.93. The minimum absolute atomic E-state index is 0.532. The van der Waals surface area contributed by atoms with Gasteiger partial charge in [0.2, 0.25) is 0 Å². The van der Waals surface area contributed by atoms with Crippen LogP contribution in [0.4, 0.5) is 0 Å². The summed E-state index contributed by atoms with van der Waals surface area (Å²) in [4.78, 5) is 19.3. The summed E-state index contributed by atoms with van der Waals surface area (Å²) in [6.45, 7) is 0. The molecule has 0 saturated heterocycles. The van der Waals surface area contributed by atoms with E-state index in [-0.39, 0.29) is 0 Å². The second kappa shape index (κ2) is 4.48. The van der Waals surface area contributed by atoms with Crippen molar-refractivity contribution in [1.82, 2.24) is 15.4 Å². The molecule has 1 aromatic heterocycles. The van der Waals surface area contributed by atoms with Gasteiger partial charge >= 0.3 is 0 Å². The summed E-state index contributed by atoms with van der Waals surface area (Å²) in [5.41, 5.74) is 5.06. The van der Waals surface area contributed by atoms with Crippen molar-refractivity contribution in [2.24, 2.45) is 5.10 Å². The fraction of sp³-hybridized carbons (Fsp3) is 0.0909. The smallest absolute Gasteiger partial charge is 0.152 e. The Balaban J connectivity index is 2.59.